The summed E-state index contributed by atoms with van der Waals surface area (Å²) in [6.07, 6.45) is 0.157. The predicted molar refractivity (Wildman–Crippen MR) is 73.6 cm³/mol. The highest BCUT2D eigenvalue weighted by molar-refractivity contribution is 9.10. The third-order valence-corrected chi connectivity index (χ3v) is 3.35. The van der Waals surface area contributed by atoms with E-state index in [2.05, 4.69) is 15.9 Å². The van der Waals surface area contributed by atoms with Crippen molar-refractivity contribution in [2.45, 2.75) is 6.42 Å². The highest BCUT2D eigenvalue weighted by atomic mass is 79.9. The van der Waals surface area contributed by atoms with Crippen molar-refractivity contribution in [3.63, 3.8) is 0 Å². The molecule has 2 aromatic carbocycles. The molecule has 0 aliphatic rings. The Bertz CT molecular complexity index is 581. The van der Waals surface area contributed by atoms with Crippen LogP contribution in [0.3, 0.4) is 0 Å². The van der Waals surface area contributed by atoms with Gasteiger partial charge in [0, 0.05) is 10.9 Å². The zero-order chi connectivity index (χ0) is 13.1. The van der Waals surface area contributed by atoms with Crippen LogP contribution in [0.2, 0.25) is 5.02 Å². The minimum atomic E-state index is -0.652. The first kappa shape index (κ1) is 13.2. The van der Waals surface area contributed by atoms with Gasteiger partial charge < -0.3 is 0 Å². The van der Waals surface area contributed by atoms with E-state index in [0.717, 1.165) is 10.0 Å². The van der Waals surface area contributed by atoms with Crippen molar-refractivity contribution in [1.29, 1.82) is 0 Å². The Balaban J connectivity index is 2.22. The molecule has 0 bridgehead atoms. The molecule has 0 aromatic heterocycles. The van der Waals surface area contributed by atoms with Crippen molar-refractivity contribution in [3.05, 3.63) is 68.9 Å². The normalized spacial score (nSPS) is 10.4. The van der Waals surface area contributed by atoms with Crippen molar-refractivity contribution >= 4 is 33.3 Å². The summed E-state index contributed by atoms with van der Waals surface area (Å²) in [5, 5.41) is -0.0309. The minimum Gasteiger partial charge on any atom is -0.294 e. The molecule has 0 atom stereocenters. The summed E-state index contributed by atoms with van der Waals surface area (Å²) in [4.78, 5) is 12.0. The Kier molecular flexibility index (Phi) is 4.15. The topological polar surface area (TPSA) is 17.1 Å². The summed E-state index contributed by atoms with van der Waals surface area (Å²) in [6.45, 7) is 0. The summed E-state index contributed by atoms with van der Waals surface area (Å²) in [5.41, 5.74) is 0.869. The first-order chi connectivity index (χ1) is 8.58. The summed E-state index contributed by atoms with van der Waals surface area (Å²) in [6, 6.07) is 11.8. The van der Waals surface area contributed by atoms with Gasteiger partial charge in [0.2, 0.25) is 0 Å². The average molecular weight is 328 g/mol. The molecule has 0 spiro atoms. The minimum absolute atomic E-state index is 0.0309. The predicted octanol–water partition coefficient (Wildman–Crippen LogP) is 4.67. The van der Waals surface area contributed by atoms with Crippen molar-refractivity contribution in [3.8, 4) is 0 Å². The number of halogens is 3. The molecule has 2 aromatic rings. The first-order valence-electron chi connectivity index (χ1n) is 5.29. The van der Waals surface area contributed by atoms with Gasteiger partial charge in [0.1, 0.15) is 0 Å². The maximum absolute atomic E-state index is 13.7. The monoisotopic (exact) mass is 326 g/mol. The van der Waals surface area contributed by atoms with E-state index in [9.17, 15) is 9.18 Å². The van der Waals surface area contributed by atoms with E-state index < -0.39 is 5.82 Å². The number of benzene rings is 2. The van der Waals surface area contributed by atoms with Gasteiger partial charge in [0.15, 0.2) is 11.6 Å². The van der Waals surface area contributed by atoms with Crippen molar-refractivity contribution < 1.29 is 9.18 Å². The zero-order valence-electron chi connectivity index (χ0n) is 9.29. The van der Waals surface area contributed by atoms with Gasteiger partial charge in [-0.3, -0.25) is 4.79 Å². The Hall–Kier alpha value is -1.19. The molecule has 0 amide bonds. The van der Waals surface area contributed by atoms with Crippen LogP contribution in [0.4, 0.5) is 4.39 Å². The van der Waals surface area contributed by atoms with Gasteiger partial charge in [-0.2, -0.15) is 0 Å². The Morgan fingerprint density at radius 2 is 1.83 bits per heavy atom. The molecule has 0 heterocycles. The second-order valence-corrected chi connectivity index (χ2v) is 5.15. The first-order valence-corrected chi connectivity index (χ1v) is 6.46. The van der Waals surface area contributed by atoms with Crippen LogP contribution in [0, 0.1) is 5.82 Å². The van der Waals surface area contributed by atoms with Crippen LogP contribution < -0.4 is 0 Å². The second-order valence-electron chi connectivity index (χ2n) is 3.83. The highest BCUT2D eigenvalue weighted by Gasteiger charge is 2.14. The summed E-state index contributed by atoms with van der Waals surface area (Å²) < 4.78 is 14.6. The molecule has 0 N–H and O–H groups in total. The van der Waals surface area contributed by atoms with Crippen LogP contribution in [0.1, 0.15) is 15.9 Å². The molecule has 0 fully saturated rings. The Morgan fingerprint density at radius 3 is 2.50 bits per heavy atom. The average Bonchev–Trinajstić information content (AvgIpc) is 2.35. The number of carbonyl (C=O) groups excluding carboxylic acids is 1. The summed E-state index contributed by atoms with van der Waals surface area (Å²) in [7, 11) is 0. The van der Waals surface area contributed by atoms with Gasteiger partial charge in [0.05, 0.1) is 10.6 Å². The molecule has 0 unspecified atom stereocenters. The fourth-order valence-electron chi connectivity index (χ4n) is 1.60. The smallest absolute Gasteiger partial charge is 0.170 e. The SMILES string of the molecule is O=C(Cc1ccc(Br)cc1)c1cccc(Cl)c1F. The molecule has 18 heavy (non-hydrogen) atoms. The Labute approximate surface area is 118 Å². The third-order valence-electron chi connectivity index (χ3n) is 2.53. The van der Waals surface area contributed by atoms with Gasteiger partial charge in [-0.05, 0) is 29.8 Å². The maximum atomic E-state index is 13.7. The lowest BCUT2D eigenvalue weighted by Gasteiger charge is -2.04. The molecule has 4 heteroatoms. The molecule has 0 saturated carbocycles. The van der Waals surface area contributed by atoms with Crippen molar-refractivity contribution in [1.82, 2.24) is 0 Å². The molecule has 0 aliphatic heterocycles. The number of Topliss-reactive ketones (excluding diaryl/α,β-unsaturated/α-hetero) is 1. The quantitative estimate of drug-likeness (QED) is 0.749. The van der Waals surface area contributed by atoms with Crippen LogP contribution in [0.5, 0.6) is 0 Å². The second kappa shape index (κ2) is 5.63. The molecular weight excluding hydrogens is 319 g/mol. The van der Waals surface area contributed by atoms with Crippen LogP contribution in [0.25, 0.3) is 0 Å². The van der Waals surface area contributed by atoms with Crippen LogP contribution in [-0.2, 0) is 6.42 Å². The summed E-state index contributed by atoms with van der Waals surface area (Å²) >= 11 is 8.96. The van der Waals surface area contributed by atoms with E-state index in [1.807, 2.05) is 24.3 Å². The van der Waals surface area contributed by atoms with Gasteiger partial charge in [-0.25, -0.2) is 4.39 Å². The maximum Gasteiger partial charge on any atom is 0.170 e. The molecule has 92 valence electrons. The molecule has 0 aliphatic carbocycles. The lowest BCUT2D eigenvalue weighted by atomic mass is 10.0. The number of rotatable bonds is 3. The van der Waals surface area contributed by atoms with E-state index in [4.69, 9.17) is 11.6 Å². The van der Waals surface area contributed by atoms with E-state index >= 15 is 0 Å². The van der Waals surface area contributed by atoms with Gasteiger partial charge >= 0.3 is 0 Å². The van der Waals surface area contributed by atoms with Crippen LogP contribution >= 0.6 is 27.5 Å². The lowest BCUT2D eigenvalue weighted by molar-refractivity contribution is 0.0989. The van der Waals surface area contributed by atoms with Crippen molar-refractivity contribution in [2.75, 3.05) is 0 Å². The van der Waals surface area contributed by atoms with Crippen LogP contribution in [0.15, 0.2) is 46.9 Å². The van der Waals surface area contributed by atoms with Gasteiger partial charge in [-0.15, -0.1) is 0 Å². The fraction of sp³-hybridized carbons (Fsp3) is 0.0714. The molecule has 0 radical (unpaired) electrons. The number of carbonyl (C=O) groups is 1. The molecular formula is C14H9BrClFO. The standard InChI is InChI=1S/C14H9BrClFO/c15-10-6-4-9(5-7-10)8-13(18)11-2-1-3-12(16)14(11)17/h1-7H,8H2. The van der Waals surface area contributed by atoms with E-state index in [-0.39, 0.29) is 22.8 Å². The number of hydrogen-bond donors (Lipinski definition) is 0. The molecule has 0 saturated heterocycles. The van der Waals surface area contributed by atoms with E-state index in [1.54, 1.807) is 6.07 Å². The van der Waals surface area contributed by atoms with E-state index in [1.165, 1.54) is 12.1 Å². The Morgan fingerprint density at radius 1 is 1.17 bits per heavy atom. The van der Waals surface area contributed by atoms with Crippen LogP contribution in [-0.4, -0.2) is 5.78 Å². The third kappa shape index (κ3) is 2.98. The largest absolute Gasteiger partial charge is 0.294 e. The fourth-order valence-corrected chi connectivity index (χ4v) is 2.04. The number of hydrogen-bond acceptors (Lipinski definition) is 1. The zero-order valence-corrected chi connectivity index (χ0v) is 11.6. The lowest BCUT2D eigenvalue weighted by Crippen LogP contribution is -2.06. The van der Waals surface area contributed by atoms with Crippen molar-refractivity contribution in [2.24, 2.45) is 0 Å². The van der Waals surface area contributed by atoms with Gasteiger partial charge in [0.25, 0.3) is 0 Å². The molecule has 2 rings (SSSR count). The van der Waals surface area contributed by atoms with Gasteiger partial charge in [-0.1, -0.05) is 45.7 Å². The number of ketones is 1. The highest BCUT2D eigenvalue weighted by Crippen LogP contribution is 2.20. The van der Waals surface area contributed by atoms with E-state index in [0.29, 0.717) is 0 Å². The molecule has 1 nitrogen and oxygen atoms in total. The summed E-state index contributed by atoms with van der Waals surface area (Å²) in [5.74, 6) is -0.932.